The van der Waals surface area contributed by atoms with Crippen LogP contribution in [0.2, 0.25) is 10.3 Å². The lowest BCUT2D eigenvalue weighted by atomic mass is 10.1. The van der Waals surface area contributed by atoms with Crippen molar-refractivity contribution in [2.75, 3.05) is 5.32 Å². The minimum Gasteiger partial charge on any atom is -0.478 e. The number of halogens is 3. The smallest absolute Gasteiger partial charge is 0.337 e. The minimum absolute atomic E-state index is 0.00255. The van der Waals surface area contributed by atoms with Crippen LogP contribution >= 0.6 is 39.1 Å². The molecule has 0 radical (unpaired) electrons. The molecule has 0 fully saturated rings. The van der Waals surface area contributed by atoms with Crippen LogP contribution in [0.4, 0.5) is 5.69 Å². The number of carbonyl (C=O) groups excluding carboxylic acids is 1. The number of amides is 1. The fourth-order valence-corrected chi connectivity index (χ4v) is 2.19. The van der Waals surface area contributed by atoms with Crippen molar-refractivity contribution in [1.29, 1.82) is 0 Å². The topological polar surface area (TPSA) is 92.2 Å². The van der Waals surface area contributed by atoms with Crippen LogP contribution in [0.1, 0.15) is 20.7 Å². The molecule has 0 aliphatic carbocycles. The summed E-state index contributed by atoms with van der Waals surface area (Å²) < 4.78 is 0.611. The molecule has 0 aliphatic heterocycles. The van der Waals surface area contributed by atoms with E-state index < -0.39 is 11.9 Å². The van der Waals surface area contributed by atoms with Crippen molar-refractivity contribution in [3.05, 3.63) is 50.2 Å². The van der Waals surface area contributed by atoms with Crippen LogP contribution in [0.15, 0.2) is 28.7 Å². The van der Waals surface area contributed by atoms with Crippen molar-refractivity contribution in [3.8, 4) is 0 Å². The lowest BCUT2D eigenvalue weighted by Crippen LogP contribution is -2.16. The first-order valence-corrected chi connectivity index (χ1v) is 6.96. The van der Waals surface area contributed by atoms with Gasteiger partial charge in [-0.25, -0.2) is 4.79 Å². The molecule has 2 N–H and O–H groups in total. The maximum Gasteiger partial charge on any atom is 0.337 e. The normalized spacial score (nSPS) is 10.2. The van der Waals surface area contributed by atoms with E-state index in [0.29, 0.717) is 4.47 Å². The number of carboxylic acids is 1. The van der Waals surface area contributed by atoms with E-state index in [0.717, 1.165) is 0 Å². The number of aromatic carboxylic acids is 1. The van der Waals surface area contributed by atoms with Crippen LogP contribution < -0.4 is 5.32 Å². The summed E-state index contributed by atoms with van der Waals surface area (Å²) >= 11 is 14.6. The summed E-state index contributed by atoms with van der Waals surface area (Å²) in [7, 11) is 0. The Morgan fingerprint density at radius 1 is 1.14 bits per heavy atom. The SMILES string of the molecule is O=C(O)c1ccc(Br)cc1NC(=O)c1cc(Cl)nnc1Cl. The van der Waals surface area contributed by atoms with E-state index in [4.69, 9.17) is 28.3 Å². The molecule has 108 valence electrons. The summed E-state index contributed by atoms with van der Waals surface area (Å²) in [6.45, 7) is 0. The van der Waals surface area contributed by atoms with Gasteiger partial charge >= 0.3 is 5.97 Å². The van der Waals surface area contributed by atoms with E-state index in [1.165, 1.54) is 18.2 Å². The molecule has 1 amide bonds. The van der Waals surface area contributed by atoms with Gasteiger partial charge in [0.25, 0.3) is 5.91 Å². The van der Waals surface area contributed by atoms with Crippen LogP contribution in [0, 0.1) is 0 Å². The standard InChI is InChI=1S/C12H6BrCl2N3O3/c13-5-1-2-6(12(20)21)8(3-5)16-11(19)7-4-9(14)17-18-10(7)15/h1-4H,(H,16,19)(H,20,21). The zero-order chi connectivity index (χ0) is 15.6. The fraction of sp³-hybridized carbons (Fsp3) is 0. The Kier molecular flexibility index (Phi) is 4.76. The molecular formula is C12H6BrCl2N3O3. The van der Waals surface area contributed by atoms with Gasteiger partial charge in [0.05, 0.1) is 16.8 Å². The predicted molar refractivity (Wildman–Crippen MR) is 81.1 cm³/mol. The number of aromatic nitrogens is 2. The first kappa shape index (κ1) is 15.7. The highest BCUT2D eigenvalue weighted by atomic mass is 79.9. The number of hydrogen-bond donors (Lipinski definition) is 2. The van der Waals surface area contributed by atoms with E-state index in [1.54, 1.807) is 6.07 Å². The van der Waals surface area contributed by atoms with Gasteiger partial charge in [-0.3, -0.25) is 4.79 Å². The Bertz CT molecular complexity index is 740. The number of carbonyl (C=O) groups is 2. The number of hydrogen-bond acceptors (Lipinski definition) is 4. The molecular weight excluding hydrogens is 385 g/mol. The van der Waals surface area contributed by atoms with Gasteiger partial charge in [-0.05, 0) is 24.3 Å². The van der Waals surface area contributed by atoms with Gasteiger partial charge in [0, 0.05) is 4.47 Å². The molecule has 9 heteroatoms. The van der Waals surface area contributed by atoms with Crippen molar-refractivity contribution >= 4 is 56.7 Å². The highest BCUT2D eigenvalue weighted by molar-refractivity contribution is 9.10. The van der Waals surface area contributed by atoms with Gasteiger partial charge in [0.1, 0.15) is 0 Å². The predicted octanol–water partition coefficient (Wildman–Crippen LogP) is 3.50. The van der Waals surface area contributed by atoms with Crippen molar-refractivity contribution in [3.63, 3.8) is 0 Å². The Morgan fingerprint density at radius 3 is 2.52 bits per heavy atom. The number of nitrogens with zero attached hydrogens (tertiary/aromatic N) is 2. The fourth-order valence-electron chi connectivity index (χ4n) is 1.51. The number of nitrogens with one attached hydrogen (secondary N) is 1. The maximum atomic E-state index is 12.1. The number of rotatable bonds is 3. The van der Waals surface area contributed by atoms with E-state index >= 15 is 0 Å². The number of anilines is 1. The highest BCUT2D eigenvalue weighted by Gasteiger charge is 2.17. The zero-order valence-corrected chi connectivity index (χ0v) is 13.2. The summed E-state index contributed by atoms with van der Waals surface area (Å²) in [5.74, 6) is -1.81. The monoisotopic (exact) mass is 389 g/mol. The summed E-state index contributed by atoms with van der Waals surface area (Å²) in [6, 6.07) is 5.62. The van der Waals surface area contributed by atoms with Gasteiger partial charge < -0.3 is 10.4 Å². The van der Waals surface area contributed by atoms with Crippen LogP contribution in [0.25, 0.3) is 0 Å². The van der Waals surface area contributed by atoms with E-state index in [2.05, 4.69) is 31.4 Å². The van der Waals surface area contributed by atoms with Crippen LogP contribution in [0.3, 0.4) is 0 Å². The second kappa shape index (κ2) is 6.38. The van der Waals surface area contributed by atoms with Gasteiger partial charge in [-0.1, -0.05) is 39.1 Å². The van der Waals surface area contributed by atoms with Gasteiger partial charge in [0.2, 0.25) is 0 Å². The van der Waals surface area contributed by atoms with E-state index in [9.17, 15) is 9.59 Å². The molecule has 2 aromatic rings. The third-order valence-electron chi connectivity index (χ3n) is 2.42. The Balaban J connectivity index is 2.38. The molecule has 2 rings (SSSR count). The third-order valence-corrected chi connectivity index (χ3v) is 3.38. The van der Waals surface area contributed by atoms with Gasteiger partial charge in [-0.2, -0.15) is 0 Å². The molecule has 1 heterocycles. The first-order valence-electron chi connectivity index (χ1n) is 5.41. The lowest BCUT2D eigenvalue weighted by molar-refractivity contribution is 0.0698. The van der Waals surface area contributed by atoms with Crippen LogP contribution in [-0.4, -0.2) is 27.2 Å². The molecule has 1 aromatic carbocycles. The average Bonchev–Trinajstić information content (AvgIpc) is 2.41. The molecule has 1 aromatic heterocycles. The second-order valence-electron chi connectivity index (χ2n) is 3.82. The van der Waals surface area contributed by atoms with E-state index in [-0.39, 0.29) is 27.1 Å². The van der Waals surface area contributed by atoms with Crippen molar-refractivity contribution in [1.82, 2.24) is 10.2 Å². The highest BCUT2D eigenvalue weighted by Crippen LogP contribution is 2.23. The molecule has 0 saturated carbocycles. The largest absolute Gasteiger partial charge is 0.478 e. The molecule has 0 bridgehead atoms. The lowest BCUT2D eigenvalue weighted by Gasteiger charge is -2.09. The molecule has 0 spiro atoms. The quantitative estimate of drug-likeness (QED) is 0.836. The van der Waals surface area contributed by atoms with Crippen LogP contribution in [0.5, 0.6) is 0 Å². The van der Waals surface area contributed by atoms with Crippen molar-refractivity contribution < 1.29 is 14.7 Å². The Morgan fingerprint density at radius 2 is 1.86 bits per heavy atom. The molecule has 0 atom stereocenters. The minimum atomic E-state index is -1.17. The average molecular weight is 391 g/mol. The molecule has 0 saturated heterocycles. The summed E-state index contributed by atoms with van der Waals surface area (Å²) in [5, 5.41) is 18.4. The molecule has 0 aliphatic rings. The third kappa shape index (κ3) is 3.69. The van der Waals surface area contributed by atoms with Crippen molar-refractivity contribution in [2.45, 2.75) is 0 Å². The Labute approximate surface area is 137 Å². The zero-order valence-electron chi connectivity index (χ0n) is 10.1. The van der Waals surface area contributed by atoms with Crippen LogP contribution in [-0.2, 0) is 0 Å². The Hall–Kier alpha value is -1.70. The summed E-state index contributed by atoms with van der Waals surface area (Å²) in [5.41, 5.74) is 0.0506. The summed E-state index contributed by atoms with van der Waals surface area (Å²) in [6.07, 6.45) is 0. The molecule has 21 heavy (non-hydrogen) atoms. The van der Waals surface area contributed by atoms with E-state index in [1.807, 2.05) is 0 Å². The number of carboxylic acid groups (broad SMARTS) is 1. The van der Waals surface area contributed by atoms with Crippen molar-refractivity contribution in [2.24, 2.45) is 0 Å². The molecule has 6 nitrogen and oxygen atoms in total. The van der Waals surface area contributed by atoms with Gasteiger partial charge in [0.15, 0.2) is 10.3 Å². The maximum absolute atomic E-state index is 12.1. The molecule has 0 unspecified atom stereocenters. The second-order valence-corrected chi connectivity index (χ2v) is 5.48. The summed E-state index contributed by atoms with van der Waals surface area (Å²) in [4.78, 5) is 23.3. The number of benzene rings is 1. The first-order chi connectivity index (χ1) is 9.88. The van der Waals surface area contributed by atoms with Gasteiger partial charge in [-0.15, -0.1) is 10.2 Å².